The van der Waals surface area contributed by atoms with E-state index < -0.39 is 0 Å². The fourth-order valence-electron chi connectivity index (χ4n) is 4.04. The Labute approximate surface area is 197 Å². The SMILES string of the molecule is CCCCCCCCc1cnc(-c2ccc(OCCC(C)(C)CCCCCC)cc2)nc1. The Morgan fingerprint density at radius 2 is 1.31 bits per heavy atom. The highest BCUT2D eigenvalue weighted by Crippen LogP contribution is 2.28. The summed E-state index contributed by atoms with van der Waals surface area (Å²) in [5, 5.41) is 0. The average Bonchev–Trinajstić information content (AvgIpc) is 2.80. The molecule has 0 saturated carbocycles. The van der Waals surface area contributed by atoms with Crippen molar-refractivity contribution in [2.45, 2.75) is 111 Å². The van der Waals surface area contributed by atoms with Gasteiger partial charge in [-0.25, -0.2) is 9.97 Å². The van der Waals surface area contributed by atoms with Crippen LogP contribution in [0, 0.1) is 5.41 Å². The molecule has 0 aliphatic rings. The summed E-state index contributed by atoms with van der Waals surface area (Å²) >= 11 is 0. The van der Waals surface area contributed by atoms with Crippen molar-refractivity contribution in [3.8, 4) is 17.1 Å². The molecule has 1 aromatic carbocycles. The third-order valence-corrected chi connectivity index (χ3v) is 6.39. The van der Waals surface area contributed by atoms with Crippen molar-refractivity contribution in [1.82, 2.24) is 9.97 Å². The van der Waals surface area contributed by atoms with Gasteiger partial charge in [-0.15, -0.1) is 0 Å². The van der Waals surface area contributed by atoms with Gasteiger partial charge in [-0.2, -0.15) is 0 Å². The van der Waals surface area contributed by atoms with Gasteiger partial charge in [0.1, 0.15) is 5.75 Å². The maximum atomic E-state index is 6.02. The molecule has 0 N–H and O–H groups in total. The third-order valence-electron chi connectivity index (χ3n) is 6.39. The standard InChI is InChI=1S/C29H46N2O/c1-5-7-9-11-12-13-15-25-23-30-28(31-24-25)26-16-18-27(19-17-26)32-22-21-29(3,4)20-14-10-8-6-2/h16-19,23-24H,5-15,20-22H2,1-4H3. The molecule has 3 heteroatoms. The number of ether oxygens (including phenoxy) is 1. The first kappa shape index (κ1) is 26.4. The van der Waals surface area contributed by atoms with E-state index in [4.69, 9.17) is 4.74 Å². The van der Waals surface area contributed by atoms with Crippen LogP contribution in [0.25, 0.3) is 11.4 Å². The number of aryl methyl sites for hydroxylation is 1. The number of aromatic nitrogens is 2. The number of hydrogen-bond acceptors (Lipinski definition) is 3. The summed E-state index contributed by atoms with van der Waals surface area (Å²) in [6, 6.07) is 8.20. The molecule has 2 aromatic rings. The summed E-state index contributed by atoms with van der Waals surface area (Å²) < 4.78 is 6.02. The molecule has 3 nitrogen and oxygen atoms in total. The summed E-state index contributed by atoms with van der Waals surface area (Å²) in [5.41, 5.74) is 2.62. The molecule has 0 unspecified atom stereocenters. The van der Waals surface area contributed by atoms with Crippen LogP contribution in [0.4, 0.5) is 0 Å². The number of rotatable bonds is 17. The minimum atomic E-state index is 0.346. The summed E-state index contributed by atoms with van der Waals surface area (Å²) in [6.07, 6.45) is 20.7. The monoisotopic (exact) mass is 438 g/mol. The molecule has 0 fully saturated rings. The summed E-state index contributed by atoms with van der Waals surface area (Å²) in [7, 11) is 0. The van der Waals surface area contributed by atoms with Crippen molar-refractivity contribution in [1.29, 1.82) is 0 Å². The van der Waals surface area contributed by atoms with Crippen molar-refractivity contribution in [3.63, 3.8) is 0 Å². The van der Waals surface area contributed by atoms with Crippen LogP contribution >= 0.6 is 0 Å². The Bertz CT molecular complexity index is 722. The van der Waals surface area contributed by atoms with Crippen LogP contribution in [-0.4, -0.2) is 16.6 Å². The molecule has 0 spiro atoms. The number of unbranched alkanes of at least 4 members (excludes halogenated alkanes) is 8. The van der Waals surface area contributed by atoms with Gasteiger partial charge in [0.25, 0.3) is 0 Å². The second-order valence-corrected chi connectivity index (χ2v) is 10.0. The molecule has 0 bridgehead atoms. The van der Waals surface area contributed by atoms with E-state index in [9.17, 15) is 0 Å². The fraction of sp³-hybridized carbons (Fsp3) is 0.655. The third kappa shape index (κ3) is 10.6. The van der Waals surface area contributed by atoms with Crippen LogP contribution in [0.2, 0.25) is 0 Å². The molecule has 0 amide bonds. The lowest BCUT2D eigenvalue weighted by atomic mass is 9.84. The van der Waals surface area contributed by atoms with Crippen LogP contribution in [0.3, 0.4) is 0 Å². The second-order valence-electron chi connectivity index (χ2n) is 10.0. The number of benzene rings is 1. The van der Waals surface area contributed by atoms with Gasteiger partial charge in [-0.05, 0) is 60.9 Å². The Balaban J connectivity index is 1.72. The summed E-state index contributed by atoms with van der Waals surface area (Å²) in [5.74, 6) is 1.71. The molecule has 0 radical (unpaired) electrons. The van der Waals surface area contributed by atoms with Crippen LogP contribution in [0.1, 0.15) is 110 Å². The fourth-order valence-corrected chi connectivity index (χ4v) is 4.04. The van der Waals surface area contributed by atoms with Crippen LogP contribution < -0.4 is 4.74 Å². The lowest BCUT2D eigenvalue weighted by molar-refractivity contribution is 0.212. The molecule has 1 aromatic heterocycles. The highest BCUT2D eigenvalue weighted by molar-refractivity contribution is 5.55. The molecule has 0 aliphatic heterocycles. The van der Waals surface area contributed by atoms with Crippen molar-refractivity contribution < 1.29 is 4.74 Å². The predicted octanol–water partition coefficient (Wildman–Crippen LogP) is 8.81. The van der Waals surface area contributed by atoms with Crippen molar-refractivity contribution in [3.05, 3.63) is 42.2 Å². The highest BCUT2D eigenvalue weighted by atomic mass is 16.5. The average molecular weight is 439 g/mol. The van der Waals surface area contributed by atoms with Gasteiger partial charge in [0, 0.05) is 18.0 Å². The molecular weight excluding hydrogens is 392 g/mol. The molecule has 1 heterocycles. The quantitative estimate of drug-likeness (QED) is 0.231. The molecule has 0 atom stereocenters. The van der Waals surface area contributed by atoms with Crippen molar-refractivity contribution in [2.75, 3.05) is 6.61 Å². The van der Waals surface area contributed by atoms with Crippen molar-refractivity contribution >= 4 is 0 Å². The molecule has 0 saturated heterocycles. The van der Waals surface area contributed by atoms with E-state index in [0.717, 1.165) is 36.6 Å². The van der Waals surface area contributed by atoms with Gasteiger partial charge in [0.2, 0.25) is 0 Å². The first-order chi connectivity index (χ1) is 15.5. The minimum absolute atomic E-state index is 0.346. The largest absolute Gasteiger partial charge is 0.494 e. The number of hydrogen-bond donors (Lipinski definition) is 0. The van der Waals surface area contributed by atoms with Gasteiger partial charge < -0.3 is 4.74 Å². The second kappa shape index (κ2) is 15.0. The molecule has 32 heavy (non-hydrogen) atoms. The highest BCUT2D eigenvalue weighted by Gasteiger charge is 2.17. The molecule has 2 rings (SSSR count). The molecular formula is C29H46N2O. The summed E-state index contributed by atoms with van der Waals surface area (Å²) in [6.45, 7) is 10.0. The Kier molecular flexibility index (Phi) is 12.4. The Hall–Kier alpha value is -1.90. The van der Waals surface area contributed by atoms with Crippen LogP contribution in [0.15, 0.2) is 36.7 Å². The van der Waals surface area contributed by atoms with Crippen LogP contribution in [0.5, 0.6) is 5.75 Å². The summed E-state index contributed by atoms with van der Waals surface area (Å²) in [4.78, 5) is 9.18. The maximum absolute atomic E-state index is 6.02. The van der Waals surface area contributed by atoms with E-state index in [2.05, 4.69) is 49.8 Å². The van der Waals surface area contributed by atoms with Gasteiger partial charge in [0.05, 0.1) is 6.61 Å². The predicted molar refractivity (Wildman–Crippen MR) is 137 cm³/mol. The first-order valence-electron chi connectivity index (χ1n) is 13.1. The Morgan fingerprint density at radius 3 is 1.97 bits per heavy atom. The van der Waals surface area contributed by atoms with Gasteiger partial charge in [-0.1, -0.05) is 85.5 Å². The lowest BCUT2D eigenvalue weighted by Gasteiger charge is -2.24. The van der Waals surface area contributed by atoms with E-state index in [1.807, 2.05) is 24.5 Å². The normalized spacial score (nSPS) is 11.6. The Morgan fingerprint density at radius 1 is 0.719 bits per heavy atom. The van der Waals surface area contributed by atoms with Gasteiger partial charge in [0.15, 0.2) is 5.82 Å². The maximum Gasteiger partial charge on any atom is 0.159 e. The minimum Gasteiger partial charge on any atom is -0.494 e. The van der Waals surface area contributed by atoms with E-state index in [-0.39, 0.29) is 0 Å². The van der Waals surface area contributed by atoms with Gasteiger partial charge in [-0.3, -0.25) is 0 Å². The van der Waals surface area contributed by atoms with Crippen LogP contribution in [-0.2, 0) is 6.42 Å². The molecule has 178 valence electrons. The lowest BCUT2D eigenvalue weighted by Crippen LogP contribution is -2.15. The smallest absolute Gasteiger partial charge is 0.159 e. The van der Waals surface area contributed by atoms with E-state index in [1.54, 1.807) is 0 Å². The van der Waals surface area contributed by atoms with Gasteiger partial charge >= 0.3 is 0 Å². The van der Waals surface area contributed by atoms with Crippen molar-refractivity contribution in [2.24, 2.45) is 5.41 Å². The zero-order chi connectivity index (χ0) is 23.1. The van der Waals surface area contributed by atoms with E-state index in [0.29, 0.717) is 5.41 Å². The topological polar surface area (TPSA) is 35.0 Å². The zero-order valence-electron chi connectivity index (χ0n) is 21.2. The van der Waals surface area contributed by atoms with E-state index >= 15 is 0 Å². The first-order valence-corrected chi connectivity index (χ1v) is 13.1. The zero-order valence-corrected chi connectivity index (χ0v) is 21.2. The molecule has 0 aliphatic carbocycles. The van der Waals surface area contributed by atoms with E-state index in [1.165, 1.54) is 76.2 Å². The number of nitrogens with zero attached hydrogens (tertiary/aromatic N) is 2.